The standard InChI is InChI=1S/C10H13N5OS/c1-2-6(1)8-12-13-10-15(8)14-9(17-10)7-5-16-4-3-11-7/h6-7,11H,1-5H2. The number of morpholine rings is 1. The average Bonchev–Trinajstić information content (AvgIpc) is 3.00. The maximum atomic E-state index is 5.46. The molecule has 0 amide bonds. The summed E-state index contributed by atoms with van der Waals surface area (Å²) in [6.45, 7) is 2.37. The molecule has 1 saturated carbocycles. The maximum Gasteiger partial charge on any atom is 0.234 e. The number of rotatable bonds is 2. The van der Waals surface area contributed by atoms with Crippen LogP contribution in [-0.2, 0) is 4.74 Å². The average molecular weight is 251 g/mol. The van der Waals surface area contributed by atoms with Crippen molar-refractivity contribution in [2.75, 3.05) is 19.8 Å². The molecule has 1 saturated heterocycles. The Kier molecular flexibility index (Phi) is 2.17. The third-order valence-electron chi connectivity index (χ3n) is 3.19. The Bertz CT molecular complexity index is 540. The molecule has 7 heteroatoms. The van der Waals surface area contributed by atoms with Crippen molar-refractivity contribution in [1.29, 1.82) is 0 Å². The molecule has 1 aliphatic carbocycles. The smallest absolute Gasteiger partial charge is 0.234 e. The highest BCUT2D eigenvalue weighted by molar-refractivity contribution is 7.16. The quantitative estimate of drug-likeness (QED) is 0.852. The highest BCUT2D eigenvalue weighted by Crippen LogP contribution is 2.39. The Morgan fingerprint density at radius 3 is 3.06 bits per heavy atom. The number of hydrogen-bond acceptors (Lipinski definition) is 6. The van der Waals surface area contributed by atoms with Crippen molar-refractivity contribution < 1.29 is 4.74 Å². The van der Waals surface area contributed by atoms with Crippen LogP contribution in [0.1, 0.15) is 35.6 Å². The topological polar surface area (TPSA) is 64.3 Å². The molecular formula is C10H13N5OS. The first-order chi connectivity index (χ1) is 8.42. The van der Waals surface area contributed by atoms with Gasteiger partial charge in [0.25, 0.3) is 0 Å². The van der Waals surface area contributed by atoms with E-state index in [9.17, 15) is 0 Å². The van der Waals surface area contributed by atoms with Gasteiger partial charge in [0.2, 0.25) is 4.96 Å². The van der Waals surface area contributed by atoms with E-state index >= 15 is 0 Å². The maximum absolute atomic E-state index is 5.46. The van der Waals surface area contributed by atoms with Crippen molar-refractivity contribution in [2.24, 2.45) is 0 Å². The van der Waals surface area contributed by atoms with E-state index in [4.69, 9.17) is 4.74 Å². The largest absolute Gasteiger partial charge is 0.378 e. The summed E-state index contributed by atoms with van der Waals surface area (Å²) >= 11 is 1.61. The Balaban J connectivity index is 1.71. The van der Waals surface area contributed by atoms with Crippen molar-refractivity contribution in [1.82, 2.24) is 25.1 Å². The van der Waals surface area contributed by atoms with E-state index in [1.165, 1.54) is 12.8 Å². The van der Waals surface area contributed by atoms with Gasteiger partial charge in [-0.05, 0) is 12.8 Å². The zero-order valence-corrected chi connectivity index (χ0v) is 10.1. The molecule has 0 radical (unpaired) electrons. The first kappa shape index (κ1) is 9.93. The Morgan fingerprint density at radius 1 is 1.35 bits per heavy atom. The van der Waals surface area contributed by atoms with Gasteiger partial charge in [-0.3, -0.25) is 0 Å². The molecule has 6 nitrogen and oxygen atoms in total. The van der Waals surface area contributed by atoms with Crippen molar-refractivity contribution in [3.8, 4) is 0 Å². The minimum absolute atomic E-state index is 0.211. The highest BCUT2D eigenvalue weighted by Gasteiger charge is 2.30. The molecule has 2 aromatic rings. The summed E-state index contributed by atoms with van der Waals surface area (Å²) in [4.78, 5) is 0.897. The van der Waals surface area contributed by atoms with E-state index in [2.05, 4.69) is 20.6 Å². The van der Waals surface area contributed by atoms with E-state index in [0.29, 0.717) is 12.5 Å². The van der Waals surface area contributed by atoms with Gasteiger partial charge < -0.3 is 10.1 Å². The number of nitrogens with one attached hydrogen (secondary N) is 1. The molecule has 2 aliphatic rings. The predicted molar refractivity (Wildman–Crippen MR) is 62.2 cm³/mol. The summed E-state index contributed by atoms with van der Waals surface area (Å²) in [7, 11) is 0. The molecule has 3 heterocycles. The molecular weight excluding hydrogens is 238 g/mol. The minimum atomic E-state index is 0.211. The van der Waals surface area contributed by atoms with Crippen molar-refractivity contribution in [2.45, 2.75) is 24.8 Å². The Hall–Kier alpha value is -1.05. The summed E-state index contributed by atoms with van der Waals surface area (Å²) in [6, 6.07) is 0.211. The molecule has 2 aromatic heterocycles. The van der Waals surface area contributed by atoms with Crippen LogP contribution in [0.2, 0.25) is 0 Å². The second kappa shape index (κ2) is 3.72. The van der Waals surface area contributed by atoms with Crippen LogP contribution in [-0.4, -0.2) is 39.6 Å². The van der Waals surface area contributed by atoms with Crippen molar-refractivity contribution in [3.63, 3.8) is 0 Å². The molecule has 2 fully saturated rings. The van der Waals surface area contributed by atoms with Gasteiger partial charge in [-0.2, -0.15) is 9.61 Å². The van der Waals surface area contributed by atoms with Crippen LogP contribution in [0.15, 0.2) is 0 Å². The first-order valence-corrected chi connectivity index (χ1v) is 6.76. The zero-order chi connectivity index (χ0) is 11.2. The van der Waals surface area contributed by atoms with E-state index in [1.807, 2.05) is 4.52 Å². The molecule has 1 atom stereocenters. The number of hydrogen-bond donors (Lipinski definition) is 1. The Morgan fingerprint density at radius 2 is 2.29 bits per heavy atom. The van der Waals surface area contributed by atoms with Crippen LogP contribution in [0.5, 0.6) is 0 Å². The molecule has 1 unspecified atom stereocenters. The van der Waals surface area contributed by atoms with Gasteiger partial charge in [-0.1, -0.05) is 11.3 Å². The van der Waals surface area contributed by atoms with Crippen molar-refractivity contribution in [3.05, 3.63) is 10.8 Å². The van der Waals surface area contributed by atoms with Crippen LogP contribution < -0.4 is 5.32 Å². The molecule has 17 heavy (non-hydrogen) atoms. The number of ether oxygens (including phenoxy) is 1. The fraction of sp³-hybridized carbons (Fsp3) is 0.700. The molecule has 1 N–H and O–H groups in total. The molecule has 90 valence electrons. The van der Waals surface area contributed by atoms with Crippen LogP contribution in [0.25, 0.3) is 4.96 Å². The third kappa shape index (κ3) is 1.65. The van der Waals surface area contributed by atoms with Gasteiger partial charge in [0.1, 0.15) is 5.01 Å². The molecule has 1 aliphatic heterocycles. The first-order valence-electron chi connectivity index (χ1n) is 5.95. The van der Waals surface area contributed by atoms with Crippen LogP contribution in [0.3, 0.4) is 0 Å². The molecule has 0 aromatic carbocycles. The fourth-order valence-electron chi connectivity index (χ4n) is 2.11. The lowest BCUT2D eigenvalue weighted by Crippen LogP contribution is -2.34. The van der Waals surface area contributed by atoms with Gasteiger partial charge in [0, 0.05) is 12.5 Å². The Labute approximate surface area is 102 Å². The van der Waals surface area contributed by atoms with Gasteiger partial charge in [-0.25, -0.2) is 0 Å². The van der Waals surface area contributed by atoms with Gasteiger partial charge in [-0.15, -0.1) is 10.2 Å². The molecule has 0 bridgehead atoms. The van der Waals surface area contributed by atoms with Gasteiger partial charge >= 0.3 is 0 Å². The van der Waals surface area contributed by atoms with E-state index in [0.717, 1.165) is 28.9 Å². The second-order valence-electron chi connectivity index (χ2n) is 4.55. The van der Waals surface area contributed by atoms with E-state index < -0.39 is 0 Å². The second-order valence-corrected chi connectivity index (χ2v) is 5.54. The predicted octanol–water partition coefficient (Wildman–Crippen LogP) is 0.724. The molecule has 4 rings (SSSR count). The third-order valence-corrected chi connectivity index (χ3v) is 4.21. The molecule has 0 spiro atoms. The van der Waals surface area contributed by atoms with E-state index in [1.54, 1.807) is 11.3 Å². The summed E-state index contributed by atoms with van der Waals surface area (Å²) in [5.41, 5.74) is 0. The number of aromatic nitrogens is 4. The van der Waals surface area contributed by atoms with Crippen LogP contribution >= 0.6 is 11.3 Å². The van der Waals surface area contributed by atoms with Gasteiger partial charge in [0.05, 0.1) is 19.3 Å². The number of nitrogens with zero attached hydrogens (tertiary/aromatic N) is 4. The zero-order valence-electron chi connectivity index (χ0n) is 9.30. The normalized spacial score (nSPS) is 25.5. The summed E-state index contributed by atoms with van der Waals surface area (Å²) < 4.78 is 7.37. The fourth-order valence-corrected chi connectivity index (χ4v) is 3.01. The lowest BCUT2D eigenvalue weighted by molar-refractivity contribution is 0.0765. The highest BCUT2D eigenvalue weighted by atomic mass is 32.1. The SMILES string of the molecule is C1COCC(c2nn3c(C4CC4)nnc3s2)N1. The summed E-state index contributed by atoms with van der Waals surface area (Å²) in [6.07, 6.45) is 2.44. The lowest BCUT2D eigenvalue weighted by Gasteiger charge is -2.21. The lowest BCUT2D eigenvalue weighted by atomic mass is 10.3. The minimum Gasteiger partial charge on any atom is -0.378 e. The van der Waals surface area contributed by atoms with E-state index in [-0.39, 0.29) is 6.04 Å². The van der Waals surface area contributed by atoms with Crippen LogP contribution in [0.4, 0.5) is 0 Å². The van der Waals surface area contributed by atoms with Gasteiger partial charge in [0.15, 0.2) is 5.82 Å². The van der Waals surface area contributed by atoms with Crippen LogP contribution in [0, 0.1) is 0 Å². The monoisotopic (exact) mass is 251 g/mol. The number of fused-ring (bicyclic) bond motifs is 1. The summed E-state index contributed by atoms with van der Waals surface area (Å²) in [5, 5.41) is 17.5. The van der Waals surface area contributed by atoms with Crippen molar-refractivity contribution >= 4 is 16.3 Å². The summed E-state index contributed by atoms with van der Waals surface area (Å²) in [5.74, 6) is 1.61.